The van der Waals surface area contributed by atoms with Crippen LogP contribution in [0.25, 0.3) is 22.0 Å². The average molecular weight is 421 g/mol. The Kier molecular flexibility index (Phi) is 5.50. The van der Waals surface area contributed by atoms with Gasteiger partial charge in [0.25, 0.3) is 5.91 Å². The lowest BCUT2D eigenvalue weighted by Crippen LogP contribution is -2.15. The van der Waals surface area contributed by atoms with Crippen LogP contribution in [0.3, 0.4) is 0 Å². The smallest absolute Gasteiger partial charge is 0.346 e. The van der Waals surface area contributed by atoms with Crippen molar-refractivity contribution in [2.45, 2.75) is 6.92 Å². The first-order valence-corrected chi connectivity index (χ1v) is 9.68. The maximum Gasteiger partial charge on any atom is 0.346 e. The summed E-state index contributed by atoms with van der Waals surface area (Å²) in [5, 5.41) is 8.92. The number of nitrogens with one attached hydrogen (secondary N) is 1. The Morgan fingerprint density at radius 3 is 2.53 bits per heavy atom. The van der Waals surface area contributed by atoms with Crippen LogP contribution in [0.15, 0.2) is 71.3 Å². The quantitative estimate of drug-likeness (QED) is 0.426. The van der Waals surface area contributed by atoms with E-state index in [4.69, 9.17) is 20.9 Å². The number of hydrogen-bond acceptors (Lipinski definition) is 5. The number of fused-ring (bicyclic) bond motifs is 1. The third-order valence-corrected chi connectivity index (χ3v) is 4.80. The van der Waals surface area contributed by atoms with Crippen LogP contribution in [0.2, 0.25) is 5.02 Å². The molecule has 0 fully saturated rings. The molecular formula is C23H17ClN2O4. The molecular weight excluding hydrogens is 404 g/mol. The standard InChI is InChI=1S/C23H17ClN2O4/c1-2-29-23(28)19-20(15-10-12-16(24)13-11-15)26-30-22(19)25-21(27)18-9-5-7-14-6-3-4-8-17(14)18/h3-13H,2H2,1H3,(H,25,27). The highest BCUT2D eigenvalue weighted by Crippen LogP contribution is 2.31. The van der Waals surface area contributed by atoms with Crippen molar-refractivity contribution in [1.29, 1.82) is 0 Å². The number of amides is 1. The summed E-state index contributed by atoms with van der Waals surface area (Å²) in [6, 6.07) is 19.7. The molecule has 150 valence electrons. The SMILES string of the molecule is CCOC(=O)c1c(-c2ccc(Cl)cc2)noc1NC(=O)c1cccc2ccccc12. The number of benzene rings is 3. The highest BCUT2D eigenvalue weighted by Gasteiger charge is 2.27. The normalized spacial score (nSPS) is 10.7. The first kappa shape index (κ1) is 19.7. The summed E-state index contributed by atoms with van der Waals surface area (Å²) < 4.78 is 10.5. The number of halogens is 1. The van der Waals surface area contributed by atoms with Crippen molar-refractivity contribution >= 4 is 40.1 Å². The molecule has 1 heterocycles. The van der Waals surface area contributed by atoms with E-state index in [0.717, 1.165) is 10.8 Å². The van der Waals surface area contributed by atoms with Crippen molar-refractivity contribution in [3.63, 3.8) is 0 Å². The lowest BCUT2D eigenvalue weighted by Gasteiger charge is -2.08. The summed E-state index contributed by atoms with van der Waals surface area (Å²) in [6.07, 6.45) is 0. The summed E-state index contributed by atoms with van der Waals surface area (Å²) >= 11 is 5.95. The third-order valence-electron chi connectivity index (χ3n) is 4.55. The van der Waals surface area contributed by atoms with Crippen LogP contribution in [-0.4, -0.2) is 23.6 Å². The first-order chi connectivity index (χ1) is 14.6. The number of carbonyl (C=O) groups is 2. The third kappa shape index (κ3) is 3.77. The summed E-state index contributed by atoms with van der Waals surface area (Å²) in [4.78, 5) is 25.6. The Labute approximate surface area is 177 Å². The molecule has 6 nitrogen and oxygen atoms in total. The molecule has 4 rings (SSSR count). The second kappa shape index (κ2) is 8.39. The monoisotopic (exact) mass is 420 g/mol. The van der Waals surface area contributed by atoms with Crippen LogP contribution in [0.4, 0.5) is 5.88 Å². The number of rotatable bonds is 5. The van der Waals surface area contributed by atoms with Crippen molar-refractivity contribution in [2.24, 2.45) is 0 Å². The van der Waals surface area contributed by atoms with Gasteiger partial charge in [-0.2, -0.15) is 0 Å². The van der Waals surface area contributed by atoms with E-state index >= 15 is 0 Å². The maximum atomic E-state index is 13.0. The van der Waals surface area contributed by atoms with Gasteiger partial charge in [0.2, 0.25) is 5.88 Å². The van der Waals surface area contributed by atoms with E-state index in [2.05, 4.69) is 10.5 Å². The number of esters is 1. The molecule has 0 bridgehead atoms. The predicted molar refractivity (Wildman–Crippen MR) is 115 cm³/mol. The summed E-state index contributed by atoms with van der Waals surface area (Å²) in [7, 11) is 0. The molecule has 0 spiro atoms. The van der Waals surface area contributed by atoms with Crippen LogP contribution >= 0.6 is 11.6 Å². The van der Waals surface area contributed by atoms with Crippen molar-refractivity contribution in [2.75, 3.05) is 11.9 Å². The van der Waals surface area contributed by atoms with Crippen LogP contribution in [0.1, 0.15) is 27.6 Å². The van der Waals surface area contributed by atoms with Crippen LogP contribution in [-0.2, 0) is 4.74 Å². The van der Waals surface area contributed by atoms with Crippen LogP contribution in [0, 0.1) is 0 Å². The fourth-order valence-corrected chi connectivity index (χ4v) is 3.29. The zero-order chi connectivity index (χ0) is 21.1. The van der Waals surface area contributed by atoms with Crippen molar-refractivity contribution < 1.29 is 18.8 Å². The van der Waals surface area contributed by atoms with Crippen molar-refractivity contribution in [1.82, 2.24) is 5.16 Å². The highest BCUT2D eigenvalue weighted by molar-refractivity contribution is 6.30. The minimum Gasteiger partial charge on any atom is -0.462 e. The van der Waals surface area contributed by atoms with E-state index in [-0.39, 0.29) is 23.7 Å². The van der Waals surface area contributed by atoms with E-state index in [1.165, 1.54) is 0 Å². The molecule has 0 atom stereocenters. The van der Waals surface area contributed by atoms with Gasteiger partial charge in [-0.1, -0.05) is 65.3 Å². The van der Waals surface area contributed by atoms with Gasteiger partial charge in [-0.15, -0.1) is 0 Å². The molecule has 0 aliphatic rings. The number of ether oxygens (including phenoxy) is 1. The number of nitrogens with zero attached hydrogens (tertiary/aromatic N) is 1. The van der Waals surface area contributed by atoms with E-state index in [1.54, 1.807) is 43.3 Å². The number of aromatic nitrogens is 1. The molecule has 3 aromatic carbocycles. The van der Waals surface area contributed by atoms with Gasteiger partial charge in [-0.05, 0) is 35.9 Å². The van der Waals surface area contributed by atoms with Crippen LogP contribution < -0.4 is 5.32 Å². The molecule has 0 unspecified atom stereocenters. The summed E-state index contributed by atoms with van der Waals surface area (Å²) in [6.45, 7) is 1.86. The number of hydrogen-bond donors (Lipinski definition) is 1. The van der Waals surface area contributed by atoms with Gasteiger partial charge in [-0.25, -0.2) is 4.79 Å². The molecule has 7 heteroatoms. The van der Waals surface area contributed by atoms with Crippen molar-refractivity contribution in [3.8, 4) is 11.3 Å². The number of carbonyl (C=O) groups excluding carboxylic acids is 2. The molecule has 0 saturated heterocycles. The minimum absolute atomic E-state index is 0.0489. The molecule has 1 amide bonds. The topological polar surface area (TPSA) is 81.4 Å². The van der Waals surface area contributed by atoms with E-state index in [9.17, 15) is 9.59 Å². The van der Waals surface area contributed by atoms with Crippen LogP contribution in [0.5, 0.6) is 0 Å². The van der Waals surface area contributed by atoms with E-state index in [1.807, 2.05) is 30.3 Å². The largest absolute Gasteiger partial charge is 0.462 e. The Balaban J connectivity index is 1.74. The predicted octanol–water partition coefficient (Wildman–Crippen LogP) is 5.58. The van der Waals surface area contributed by atoms with Gasteiger partial charge in [0.05, 0.1) is 6.61 Å². The average Bonchev–Trinajstić information content (AvgIpc) is 3.17. The van der Waals surface area contributed by atoms with Gasteiger partial charge in [0, 0.05) is 16.1 Å². The van der Waals surface area contributed by atoms with Gasteiger partial charge in [0.15, 0.2) is 5.56 Å². The summed E-state index contributed by atoms with van der Waals surface area (Å²) in [5.41, 5.74) is 1.37. The Morgan fingerprint density at radius 1 is 1.03 bits per heavy atom. The fourth-order valence-electron chi connectivity index (χ4n) is 3.17. The molecule has 1 N–H and O–H groups in total. The highest BCUT2D eigenvalue weighted by atomic mass is 35.5. The fraction of sp³-hybridized carbons (Fsp3) is 0.0870. The molecule has 0 saturated carbocycles. The molecule has 30 heavy (non-hydrogen) atoms. The Hall–Kier alpha value is -3.64. The molecule has 0 aliphatic carbocycles. The van der Waals surface area contributed by atoms with E-state index < -0.39 is 11.9 Å². The minimum atomic E-state index is -0.642. The Morgan fingerprint density at radius 2 is 1.77 bits per heavy atom. The van der Waals surface area contributed by atoms with Gasteiger partial charge in [-0.3, -0.25) is 10.1 Å². The molecule has 4 aromatic rings. The first-order valence-electron chi connectivity index (χ1n) is 9.30. The zero-order valence-corrected chi connectivity index (χ0v) is 16.8. The molecule has 0 aliphatic heterocycles. The second-order valence-corrected chi connectivity index (χ2v) is 6.88. The lowest BCUT2D eigenvalue weighted by atomic mass is 10.0. The number of anilines is 1. The van der Waals surface area contributed by atoms with Gasteiger partial charge >= 0.3 is 5.97 Å². The summed E-state index contributed by atoms with van der Waals surface area (Å²) in [5.74, 6) is -1.13. The molecule has 0 radical (unpaired) electrons. The molecule has 1 aromatic heterocycles. The zero-order valence-electron chi connectivity index (χ0n) is 16.0. The maximum absolute atomic E-state index is 13.0. The van der Waals surface area contributed by atoms with Gasteiger partial charge in [0.1, 0.15) is 5.69 Å². The van der Waals surface area contributed by atoms with Gasteiger partial charge < -0.3 is 9.26 Å². The lowest BCUT2D eigenvalue weighted by molar-refractivity contribution is 0.0528. The second-order valence-electron chi connectivity index (χ2n) is 6.44. The van der Waals surface area contributed by atoms with E-state index in [0.29, 0.717) is 16.1 Å². The van der Waals surface area contributed by atoms with Crippen molar-refractivity contribution in [3.05, 3.63) is 82.9 Å². The Bertz CT molecular complexity index is 1230.